The van der Waals surface area contributed by atoms with Gasteiger partial charge in [0.2, 0.25) is 0 Å². The minimum Gasteiger partial charge on any atom is -0.242 e. The van der Waals surface area contributed by atoms with E-state index in [-0.39, 0.29) is 6.71 Å². The highest BCUT2D eigenvalue weighted by atomic mass is 14.9. The van der Waals surface area contributed by atoms with Crippen molar-refractivity contribution >= 4 is 23.2 Å². The molecule has 4 heterocycles. The summed E-state index contributed by atoms with van der Waals surface area (Å²) in [5.41, 5.74) is 10.8. The summed E-state index contributed by atoms with van der Waals surface area (Å²) in [6, 6.07) is 11.0. The monoisotopic (exact) mass is 298 g/mol. The minimum absolute atomic E-state index is 0.265. The van der Waals surface area contributed by atoms with Crippen molar-refractivity contribution in [3.05, 3.63) is 70.9 Å². The van der Waals surface area contributed by atoms with Gasteiger partial charge in [-0.1, -0.05) is 29.2 Å². The summed E-state index contributed by atoms with van der Waals surface area (Å²) in [6.07, 6.45) is 5.72. The Balaban J connectivity index is 1.91. The maximum atomic E-state index is 4.62. The Kier molecular flexibility index (Phi) is 2.55. The van der Waals surface area contributed by atoms with Crippen LogP contribution in [0.1, 0.15) is 28.1 Å². The number of fused-ring (bicyclic) bond motifs is 4. The molecule has 0 N–H and O–H groups in total. The van der Waals surface area contributed by atoms with Gasteiger partial charge in [-0.3, -0.25) is 0 Å². The number of aromatic nitrogens is 3. The first-order valence-electron chi connectivity index (χ1n) is 8.12. The summed E-state index contributed by atoms with van der Waals surface area (Å²) in [4.78, 5) is 9.25. The van der Waals surface area contributed by atoms with Gasteiger partial charge in [0, 0.05) is 35.9 Å². The van der Waals surface area contributed by atoms with Crippen LogP contribution in [0.15, 0.2) is 42.9 Å². The first-order valence-corrected chi connectivity index (χ1v) is 8.12. The van der Waals surface area contributed by atoms with Crippen molar-refractivity contribution in [2.24, 2.45) is 7.05 Å². The van der Waals surface area contributed by atoms with Crippen LogP contribution in [-0.2, 0) is 19.9 Å². The molecule has 0 aliphatic carbocycles. The molecule has 0 saturated carbocycles. The molecule has 3 aromatic rings. The fraction of sp³-hybridized carbons (Fsp3) is 0.211. The van der Waals surface area contributed by atoms with E-state index in [0.29, 0.717) is 0 Å². The first-order chi connectivity index (χ1) is 11.2. The third-order valence-electron chi connectivity index (χ3n) is 5.35. The second-order valence-corrected chi connectivity index (χ2v) is 6.64. The quantitative estimate of drug-likeness (QED) is 0.296. The van der Waals surface area contributed by atoms with Gasteiger partial charge >= 0.3 is 6.71 Å². The van der Waals surface area contributed by atoms with Gasteiger partial charge in [0.05, 0.1) is 0 Å². The van der Waals surface area contributed by atoms with E-state index >= 15 is 0 Å². The fourth-order valence-electron chi connectivity index (χ4n) is 4.40. The number of hydrogen-bond acceptors (Lipinski definition) is 2. The Bertz CT molecular complexity index is 858. The zero-order valence-electron chi connectivity index (χ0n) is 13.4. The number of nitrogens with zero attached hydrogens (tertiary/aromatic N) is 3. The van der Waals surface area contributed by atoms with Crippen LogP contribution in [0.2, 0.25) is 0 Å². The molecule has 0 bridgehead atoms. The summed E-state index contributed by atoms with van der Waals surface area (Å²) in [6.45, 7) is 2.49. The lowest BCUT2D eigenvalue weighted by Gasteiger charge is -2.30. The molecule has 0 unspecified atom stereocenters. The molecule has 0 atom stereocenters. The van der Waals surface area contributed by atoms with Crippen LogP contribution in [0, 0.1) is 6.92 Å². The molecule has 0 fully saturated rings. The summed E-state index contributed by atoms with van der Waals surface area (Å²) in [7, 11) is 2.15. The summed E-state index contributed by atoms with van der Waals surface area (Å²) in [5.74, 6) is 0. The molecule has 2 aliphatic heterocycles. The van der Waals surface area contributed by atoms with Crippen molar-refractivity contribution in [1.29, 1.82) is 0 Å². The Morgan fingerprint density at radius 3 is 2.52 bits per heavy atom. The van der Waals surface area contributed by atoms with Crippen molar-refractivity contribution in [3.8, 4) is 0 Å². The molecule has 0 saturated heterocycles. The molecule has 1 aromatic carbocycles. The summed E-state index contributed by atoms with van der Waals surface area (Å²) >= 11 is 0. The Morgan fingerprint density at radius 1 is 0.957 bits per heavy atom. The Morgan fingerprint density at radius 2 is 1.70 bits per heavy atom. The molecule has 2 aliphatic rings. The molecule has 23 heavy (non-hydrogen) atoms. The van der Waals surface area contributed by atoms with E-state index in [9.17, 15) is 0 Å². The summed E-state index contributed by atoms with van der Waals surface area (Å²) in [5, 5.41) is 0. The van der Waals surface area contributed by atoms with Crippen molar-refractivity contribution < 1.29 is 4.57 Å². The molecule has 0 spiro atoms. The lowest BCUT2D eigenvalue weighted by Crippen LogP contribution is -2.70. The van der Waals surface area contributed by atoms with Crippen molar-refractivity contribution in [3.63, 3.8) is 0 Å². The van der Waals surface area contributed by atoms with E-state index in [1.54, 1.807) is 6.33 Å². The lowest BCUT2D eigenvalue weighted by atomic mass is 9.32. The third kappa shape index (κ3) is 1.69. The number of aryl methyl sites for hydroxylation is 2. The van der Waals surface area contributed by atoms with E-state index < -0.39 is 0 Å². The van der Waals surface area contributed by atoms with E-state index in [4.69, 9.17) is 0 Å². The molecular weight excluding hydrogens is 281 g/mol. The van der Waals surface area contributed by atoms with Gasteiger partial charge in [-0.25, -0.2) is 14.5 Å². The molecule has 0 amide bonds. The van der Waals surface area contributed by atoms with Crippen molar-refractivity contribution in [2.75, 3.05) is 0 Å². The van der Waals surface area contributed by atoms with E-state index in [1.807, 2.05) is 0 Å². The average Bonchev–Trinajstić information content (AvgIpc) is 2.55. The van der Waals surface area contributed by atoms with E-state index in [2.05, 4.69) is 65.0 Å². The van der Waals surface area contributed by atoms with E-state index in [0.717, 1.165) is 12.8 Å². The van der Waals surface area contributed by atoms with Gasteiger partial charge in [0.1, 0.15) is 19.0 Å². The fourth-order valence-corrected chi connectivity index (χ4v) is 4.40. The zero-order chi connectivity index (χ0) is 15.6. The second kappa shape index (κ2) is 4.51. The van der Waals surface area contributed by atoms with Crippen LogP contribution < -0.4 is 21.1 Å². The molecule has 5 rings (SSSR count). The van der Waals surface area contributed by atoms with Crippen LogP contribution >= 0.6 is 0 Å². The van der Waals surface area contributed by atoms with Crippen LogP contribution in [0.5, 0.6) is 0 Å². The topological polar surface area (TPSA) is 29.7 Å². The van der Waals surface area contributed by atoms with Crippen molar-refractivity contribution in [1.82, 2.24) is 9.97 Å². The van der Waals surface area contributed by atoms with Gasteiger partial charge in [0.15, 0.2) is 6.20 Å². The van der Waals surface area contributed by atoms with Gasteiger partial charge in [-0.15, -0.1) is 0 Å². The highest BCUT2D eigenvalue weighted by Crippen LogP contribution is 2.19. The maximum Gasteiger partial charge on any atom is 0.330 e. The third-order valence-corrected chi connectivity index (χ3v) is 5.35. The first kappa shape index (κ1) is 13.0. The number of pyridine rings is 1. The maximum absolute atomic E-state index is 4.62. The normalized spacial score (nSPS) is 14.1. The highest BCUT2D eigenvalue weighted by molar-refractivity contribution is 6.96. The van der Waals surface area contributed by atoms with E-state index in [1.165, 1.54) is 44.6 Å². The molecule has 4 heteroatoms. The molecular formula is C19H17BN3+. The number of hydrogen-bond donors (Lipinski definition) is 0. The van der Waals surface area contributed by atoms with Crippen LogP contribution in [0.25, 0.3) is 0 Å². The van der Waals surface area contributed by atoms with Gasteiger partial charge in [0.25, 0.3) is 0 Å². The molecule has 2 aromatic heterocycles. The number of benzene rings is 1. The molecule has 3 nitrogen and oxygen atoms in total. The van der Waals surface area contributed by atoms with Gasteiger partial charge in [-0.2, -0.15) is 0 Å². The highest BCUT2D eigenvalue weighted by Gasteiger charge is 2.44. The molecule has 110 valence electrons. The number of rotatable bonds is 0. The van der Waals surface area contributed by atoms with Gasteiger partial charge in [-0.05, 0) is 24.0 Å². The predicted molar refractivity (Wildman–Crippen MR) is 91.1 cm³/mol. The largest absolute Gasteiger partial charge is 0.330 e. The zero-order valence-corrected chi connectivity index (χ0v) is 13.4. The minimum atomic E-state index is 0.265. The van der Waals surface area contributed by atoms with Crippen LogP contribution in [-0.4, -0.2) is 16.7 Å². The van der Waals surface area contributed by atoms with Crippen LogP contribution in [0.4, 0.5) is 0 Å². The summed E-state index contributed by atoms with van der Waals surface area (Å²) < 4.78 is 2.28. The predicted octanol–water partition coefficient (Wildman–Crippen LogP) is -0.0659. The lowest BCUT2D eigenvalue weighted by molar-refractivity contribution is -0.654. The SMILES string of the molecule is Cc1cccc2c1B1c3c(ncnc3Cc3ccc[n+](C)c31)C2. The Labute approximate surface area is 136 Å². The molecule has 0 radical (unpaired) electrons. The smallest absolute Gasteiger partial charge is 0.242 e. The average molecular weight is 298 g/mol. The van der Waals surface area contributed by atoms with Crippen molar-refractivity contribution in [2.45, 2.75) is 19.8 Å². The van der Waals surface area contributed by atoms with Crippen LogP contribution in [0.3, 0.4) is 0 Å². The second-order valence-electron chi connectivity index (χ2n) is 6.64. The van der Waals surface area contributed by atoms with Gasteiger partial charge < -0.3 is 0 Å². The standard InChI is InChI=1S/C19H17BN3/c1-12-5-3-6-13-9-15-18-16(22-11-21-15)10-14-7-4-8-23(2)19(14)20(18)17(12)13/h3-8,11H,9-10H2,1-2H3/q+1. The Hall–Kier alpha value is -2.49.